The number of nitrogens with two attached hydrogens (primary N) is 1. The first-order chi connectivity index (χ1) is 7.14. The molecule has 0 aromatic carbocycles. The molecule has 1 aromatic heterocycles. The van der Waals surface area contributed by atoms with Crippen molar-refractivity contribution in [2.75, 3.05) is 18.0 Å². The van der Waals surface area contributed by atoms with E-state index in [1.165, 1.54) is 0 Å². The van der Waals surface area contributed by atoms with Crippen LogP contribution in [0.2, 0.25) is 0 Å². The Morgan fingerprint density at radius 1 is 1.40 bits per heavy atom. The molecule has 0 saturated carbocycles. The van der Waals surface area contributed by atoms with E-state index in [2.05, 4.69) is 21.8 Å². The van der Waals surface area contributed by atoms with Gasteiger partial charge in [-0.25, -0.2) is 4.98 Å². The van der Waals surface area contributed by atoms with Gasteiger partial charge in [0.05, 0.1) is 11.2 Å². The molecule has 0 amide bonds. The molecule has 15 heavy (non-hydrogen) atoms. The van der Waals surface area contributed by atoms with Gasteiger partial charge in [-0.05, 0) is 13.3 Å². The Morgan fingerprint density at radius 2 is 2.07 bits per heavy atom. The first-order valence-electron chi connectivity index (χ1n) is 5.46. The van der Waals surface area contributed by atoms with E-state index in [4.69, 9.17) is 5.73 Å². The first kappa shape index (κ1) is 10.4. The normalized spacial score (nSPS) is 18.7. The van der Waals surface area contributed by atoms with Crippen LogP contribution in [0.15, 0.2) is 12.4 Å². The number of aryl methyl sites for hydroxylation is 1. The largest absolute Gasteiger partial charge is 0.351 e. The molecule has 4 heteroatoms. The second kappa shape index (κ2) is 3.77. The van der Waals surface area contributed by atoms with Crippen molar-refractivity contribution in [2.45, 2.75) is 32.2 Å². The summed E-state index contributed by atoms with van der Waals surface area (Å²) < 4.78 is 0. The fourth-order valence-electron chi connectivity index (χ4n) is 2.23. The highest BCUT2D eigenvalue weighted by molar-refractivity contribution is 5.47. The van der Waals surface area contributed by atoms with Crippen molar-refractivity contribution >= 4 is 5.82 Å². The maximum atomic E-state index is 6.20. The van der Waals surface area contributed by atoms with Crippen LogP contribution in [-0.4, -0.2) is 28.6 Å². The Morgan fingerprint density at radius 3 is 2.67 bits per heavy atom. The third kappa shape index (κ3) is 1.95. The predicted molar refractivity (Wildman–Crippen MR) is 60.8 cm³/mol. The van der Waals surface area contributed by atoms with Gasteiger partial charge in [0.15, 0.2) is 0 Å². The number of nitrogens with zero attached hydrogens (tertiary/aromatic N) is 3. The van der Waals surface area contributed by atoms with Gasteiger partial charge in [0.25, 0.3) is 0 Å². The highest BCUT2D eigenvalue weighted by Gasteiger charge is 2.39. The fraction of sp³-hybridized carbons (Fsp3) is 0.636. The lowest BCUT2D eigenvalue weighted by Gasteiger charge is -2.48. The maximum absolute atomic E-state index is 6.20. The van der Waals surface area contributed by atoms with E-state index in [1.807, 2.05) is 6.92 Å². The average Bonchev–Trinajstić information content (AvgIpc) is 2.15. The van der Waals surface area contributed by atoms with E-state index in [9.17, 15) is 0 Å². The minimum absolute atomic E-state index is 0.00128. The lowest BCUT2D eigenvalue weighted by molar-refractivity contribution is 0.305. The number of hydrogen-bond donors (Lipinski definition) is 1. The second-order valence-corrected chi connectivity index (χ2v) is 4.43. The quantitative estimate of drug-likeness (QED) is 0.804. The molecule has 1 fully saturated rings. The molecule has 0 atom stereocenters. The SMILES string of the molecule is CCCC1(N)CN(c2nccnc2C)C1. The predicted octanol–water partition coefficient (Wildman–Crippen LogP) is 1.10. The van der Waals surface area contributed by atoms with Crippen molar-refractivity contribution in [1.82, 2.24) is 9.97 Å². The zero-order valence-corrected chi connectivity index (χ0v) is 9.40. The summed E-state index contributed by atoms with van der Waals surface area (Å²) in [4.78, 5) is 10.8. The molecule has 0 unspecified atom stereocenters. The van der Waals surface area contributed by atoms with Gasteiger partial charge in [-0.15, -0.1) is 0 Å². The molecular formula is C11H18N4. The van der Waals surface area contributed by atoms with Gasteiger partial charge in [0, 0.05) is 25.5 Å². The molecule has 2 heterocycles. The summed E-state index contributed by atoms with van der Waals surface area (Å²) in [6.07, 6.45) is 5.69. The third-order valence-electron chi connectivity index (χ3n) is 2.91. The fourth-order valence-corrected chi connectivity index (χ4v) is 2.23. The topological polar surface area (TPSA) is 55.0 Å². The molecule has 0 aliphatic carbocycles. The van der Waals surface area contributed by atoms with Crippen molar-refractivity contribution in [3.8, 4) is 0 Å². The standard InChI is InChI=1S/C11H18N4/c1-3-4-11(12)7-15(8-11)10-9(2)13-5-6-14-10/h5-6H,3-4,7-8,12H2,1-2H3. The van der Waals surface area contributed by atoms with Crippen LogP contribution in [0.1, 0.15) is 25.5 Å². The van der Waals surface area contributed by atoms with Crippen LogP contribution in [0, 0.1) is 6.92 Å². The number of hydrogen-bond acceptors (Lipinski definition) is 4. The molecule has 0 radical (unpaired) electrons. The highest BCUT2D eigenvalue weighted by Crippen LogP contribution is 2.28. The van der Waals surface area contributed by atoms with Gasteiger partial charge in [-0.3, -0.25) is 4.98 Å². The third-order valence-corrected chi connectivity index (χ3v) is 2.91. The Hall–Kier alpha value is -1.16. The molecule has 2 rings (SSSR count). The van der Waals surface area contributed by atoms with Gasteiger partial charge < -0.3 is 10.6 Å². The Labute approximate surface area is 90.5 Å². The van der Waals surface area contributed by atoms with Crippen LogP contribution in [0.3, 0.4) is 0 Å². The van der Waals surface area contributed by atoms with Crippen LogP contribution >= 0.6 is 0 Å². The number of anilines is 1. The monoisotopic (exact) mass is 206 g/mol. The molecule has 1 aliphatic rings. The van der Waals surface area contributed by atoms with Gasteiger partial charge in [0.1, 0.15) is 5.82 Å². The molecule has 1 saturated heterocycles. The Bertz CT molecular complexity index is 344. The number of aromatic nitrogens is 2. The van der Waals surface area contributed by atoms with E-state index in [0.29, 0.717) is 0 Å². The number of rotatable bonds is 3. The smallest absolute Gasteiger partial charge is 0.150 e. The summed E-state index contributed by atoms with van der Waals surface area (Å²) in [5.74, 6) is 0.981. The zero-order chi connectivity index (χ0) is 10.9. The van der Waals surface area contributed by atoms with Gasteiger partial charge in [-0.2, -0.15) is 0 Å². The molecule has 2 N–H and O–H groups in total. The van der Waals surface area contributed by atoms with E-state index in [1.54, 1.807) is 12.4 Å². The molecule has 1 aliphatic heterocycles. The summed E-state index contributed by atoms with van der Waals surface area (Å²) in [6, 6.07) is 0. The van der Waals surface area contributed by atoms with E-state index in [0.717, 1.165) is 37.4 Å². The summed E-state index contributed by atoms with van der Waals surface area (Å²) in [7, 11) is 0. The van der Waals surface area contributed by atoms with Crippen molar-refractivity contribution in [2.24, 2.45) is 5.73 Å². The summed E-state index contributed by atoms with van der Waals surface area (Å²) in [5.41, 5.74) is 7.18. The van der Waals surface area contributed by atoms with Crippen LogP contribution in [-0.2, 0) is 0 Å². The van der Waals surface area contributed by atoms with E-state index in [-0.39, 0.29) is 5.54 Å². The average molecular weight is 206 g/mol. The second-order valence-electron chi connectivity index (χ2n) is 4.43. The maximum Gasteiger partial charge on any atom is 0.150 e. The minimum atomic E-state index is -0.00128. The van der Waals surface area contributed by atoms with Crippen LogP contribution in [0.25, 0.3) is 0 Å². The van der Waals surface area contributed by atoms with Crippen LogP contribution < -0.4 is 10.6 Å². The van der Waals surface area contributed by atoms with E-state index >= 15 is 0 Å². The summed E-state index contributed by atoms with van der Waals surface area (Å²) >= 11 is 0. The molecule has 0 spiro atoms. The Balaban J connectivity index is 2.03. The zero-order valence-electron chi connectivity index (χ0n) is 9.40. The van der Waals surface area contributed by atoms with Gasteiger partial charge >= 0.3 is 0 Å². The van der Waals surface area contributed by atoms with Crippen molar-refractivity contribution in [3.05, 3.63) is 18.1 Å². The van der Waals surface area contributed by atoms with Crippen molar-refractivity contribution < 1.29 is 0 Å². The lowest BCUT2D eigenvalue weighted by Crippen LogP contribution is -2.67. The molecule has 1 aromatic rings. The minimum Gasteiger partial charge on any atom is -0.351 e. The van der Waals surface area contributed by atoms with Crippen LogP contribution in [0.5, 0.6) is 0 Å². The lowest BCUT2D eigenvalue weighted by atomic mass is 9.86. The summed E-state index contributed by atoms with van der Waals surface area (Å²) in [6.45, 7) is 5.96. The van der Waals surface area contributed by atoms with Crippen molar-refractivity contribution in [1.29, 1.82) is 0 Å². The highest BCUT2D eigenvalue weighted by atomic mass is 15.3. The molecular weight excluding hydrogens is 188 g/mol. The molecule has 0 bridgehead atoms. The molecule has 4 nitrogen and oxygen atoms in total. The molecule has 82 valence electrons. The first-order valence-corrected chi connectivity index (χ1v) is 5.46. The summed E-state index contributed by atoms with van der Waals surface area (Å²) in [5, 5.41) is 0. The van der Waals surface area contributed by atoms with Gasteiger partial charge in [0.2, 0.25) is 0 Å². The van der Waals surface area contributed by atoms with Crippen molar-refractivity contribution in [3.63, 3.8) is 0 Å². The van der Waals surface area contributed by atoms with E-state index < -0.39 is 0 Å². The Kier molecular flexibility index (Phi) is 2.61. The van der Waals surface area contributed by atoms with Gasteiger partial charge in [-0.1, -0.05) is 13.3 Å². The van der Waals surface area contributed by atoms with Crippen LogP contribution in [0.4, 0.5) is 5.82 Å².